The summed E-state index contributed by atoms with van der Waals surface area (Å²) in [4.78, 5) is 15.0. The fourth-order valence-corrected chi connectivity index (χ4v) is 5.49. The van der Waals surface area contributed by atoms with Gasteiger partial charge in [-0.3, -0.25) is 4.79 Å². The lowest BCUT2D eigenvalue weighted by atomic mass is 10.3. The molecule has 1 amide bonds. The molecule has 0 radical (unpaired) electrons. The average molecular weight is 381 g/mol. The second kappa shape index (κ2) is 7.48. The van der Waals surface area contributed by atoms with Crippen LogP contribution >= 0.6 is 22.9 Å². The summed E-state index contributed by atoms with van der Waals surface area (Å²) in [6.45, 7) is 6.48. The molecule has 0 bridgehead atoms. The van der Waals surface area contributed by atoms with Gasteiger partial charge in [0.25, 0.3) is 15.9 Å². The number of carbonyl (C=O) groups is 1. The van der Waals surface area contributed by atoms with Gasteiger partial charge in [0.2, 0.25) is 0 Å². The van der Waals surface area contributed by atoms with Crippen molar-refractivity contribution in [3.05, 3.63) is 16.5 Å². The number of nitrogens with one attached hydrogen (secondary N) is 1. The Morgan fingerprint density at radius 1 is 1.39 bits per heavy atom. The van der Waals surface area contributed by atoms with Crippen molar-refractivity contribution in [1.29, 1.82) is 0 Å². The first-order valence-electron chi connectivity index (χ1n) is 7.56. The van der Waals surface area contributed by atoms with Gasteiger partial charge in [-0.25, -0.2) is 8.42 Å². The molecule has 130 valence electrons. The van der Waals surface area contributed by atoms with Crippen LogP contribution in [-0.4, -0.2) is 69.3 Å². The fourth-order valence-electron chi connectivity index (χ4n) is 2.41. The minimum atomic E-state index is -3.46. The van der Waals surface area contributed by atoms with Crippen LogP contribution in [0.1, 0.15) is 13.8 Å². The predicted molar refractivity (Wildman–Crippen MR) is 91.6 cm³/mol. The minimum absolute atomic E-state index is 0.0938. The first-order chi connectivity index (χ1) is 10.7. The van der Waals surface area contributed by atoms with Gasteiger partial charge in [0.1, 0.15) is 4.21 Å². The molecule has 0 aliphatic carbocycles. The Morgan fingerprint density at radius 3 is 2.48 bits per heavy atom. The SMILES string of the molecule is CC(C)N(C)C(=O)C[NH+]1CCN(S(=O)(=O)c2ccc(Cl)s2)CC1. The van der Waals surface area contributed by atoms with Gasteiger partial charge in [-0.1, -0.05) is 11.6 Å². The Bertz CT molecular complexity index is 652. The molecule has 1 aromatic heterocycles. The van der Waals surface area contributed by atoms with Crippen molar-refractivity contribution in [1.82, 2.24) is 9.21 Å². The number of likely N-dealkylation sites (N-methyl/N-ethyl adjacent to an activating group) is 1. The highest BCUT2D eigenvalue weighted by molar-refractivity contribution is 7.91. The molecule has 9 heteroatoms. The summed E-state index contributed by atoms with van der Waals surface area (Å²) in [6.07, 6.45) is 0. The maximum absolute atomic E-state index is 12.5. The fraction of sp³-hybridized carbons (Fsp3) is 0.643. The first kappa shape index (κ1) is 18.7. The second-order valence-corrected chi connectivity index (χ2v) is 9.87. The van der Waals surface area contributed by atoms with E-state index in [0.29, 0.717) is 37.1 Å². The summed E-state index contributed by atoms with van der Waals surface area (Å²) in [5.41, 5.74) is 0. The van der Waals surface area contributed by atoms with Crippen molar-refractivity contribution in [2.24, 2.45) is 0 Å². The van der Waals surface area contributed by atoms with Gasteiger partial charge in [0, 0.05) is 13.1 Å². The molecule has 6 nitrogen and oxygen atoms in total. The van der Waals surface area contributed by atoms with E-state index in [2.05, 4.69) is 0 Å². The highest BCUT2D eigenvalue weighted by Gasteiger charge is 2.32. The number of hydrogen-bond acceptors (Lipinski definition) is 4. The number of amides is 1. The lowest BCUT2D eigenvalue weighted by molar-refractivity contribution is -0.896. The number of halogens is 1. The summed E-state index contributed by atoms with van der Waals surface area (Å²) in [6, 6.07) is 3.32. The van der Waals surface area contributed by atoms with Gasteiger partial charge < -0.3 is 9.80 Å². The van der Waals surface area contributed by atoms with Gasteiger partial charge in [0.05, 0.1) is 30.5 Å². The number of quaternary nitrogens is 1. The molecule has 1 saturated heterocycles. The van der Waals surface area contributed by atoms with Crippen LogP contribution in [0.3, 0.4) is 0 Å². The van der Waals surface area contributed by atoms with Crippen molar-refractivity contribution in [3.63, 3.8) is 0 Å². The van der Waals surface area contributed by atoms with Crippen LogP contribution in [-0.2, 0) is 14.8 Å². The zero-order chi connectivity index (χ0) is 17.2. The van der Waals surface area contributed by atoms with E-state index < -0.39 is 10.0 Å². The van der Waals surface area contributed by atoms with Crippen LogP contribution in [0.5, 0.6) is 0 Å². The standard InChI is InChI=1S/C14H22ClN3O3S2/c1-11(2)16(3)13(19)10-17-6-8-18(9-7-17)23(20,21)14-5-4-12(15)22-14/h4-5,11H,6-10H2,1-3H3/p+1. The van der Waals surface area contributed by atoms with E-state index in [4.69, 9.17) is 11.6 Å². The molecule has 0 saturated carbocycles. The monoisotopic (exact) mass is 380 g/mol. The lowest BCUT2D eigenvalue weighted by Gasteiger charge is -2.32. The van der Waals surface area contributed by atoms with Crippen molar-refractivity contribution >= 4 is 38.9 Å². The van der Waals surface area contributed by atoms with Crippen LogP contribution in [0, 0.1) is 0 Å². The number of piperazine rings is 1. The van der Waals surface area contributed by atoms with E-state index in [9.17, 15) is 13.2 Å². The van der Waals surface area contributed by atoms with Gasteiger partial charge in [-0.15, -0.1) is 11.3 Å². The molecular weight excluding hydrogens is 358 g/mol. The number of carbonyl (C=O) groups excluding carboxylic acids is 1. The minimum Gasteiger partial charge on any atom is -0.338 e. The molecule has 2 heterocycles. The number of hydrogen-bond donors (Lipinski definition) is 1. The third kappa shape index (κ3) is 4.45. The van der Waals surface area contributed by atoms with E-state index in [0.717, 1.165) is 16.2 Å². The summed E-state index contributed by atoms with van der Waals surface area (Å²) < 4.78 is 27.3. The topological polar surface area (TPSA) is 62.1 Å². The number of rotatable bonds is 5. The van der Waals surface area contributed by atoms with Crippen LogP contribution < -0.4 is 4.90 Å². The predicted octanol–water partition coefficient (Wildman–Crippen LogP) is 0.158. The molecule has 1 aliphatic rings. The van der Waals surface area contributed by atoms with E-state index in [1.54, 1.807) is 24.1 Å². The molecule has 1 aliphatic heterocycles. The summed E-state index contributed by atoms with van der Waals surface area (Å²) in [5, 5.41) is 0. The third-order valence-electron chi connectivity index (χ3n) is 4.14. The van der Waals surface area contributed by atoms with E-state index in [1.165, 1.54) is 4.31 Å². The molecule has 0 aromatic carbocycles. The zero-order valence-corrected chi connectivity index (χ0v) is 16.0. The summed E-state index contributed by atoms with van der Waals surface area (Å²) in [5.74, 6) is 0.0938. The summed E-state index contributed by atoms with van der Waals surface area (Å²) in [7, 11) is -1.66. The molecule has 0 atom stereocenters. The quantitative estimate of drug-likeness (QED) is 0.791. The van der Waals surface area contributed by atoms with Crippen LogP contribution in [0.15, 0.2) is 16.3 Å². The van der Waals surface area contributed by atoms with Gasteiger partial charge >= 0.3 is 0 Å². The van der Waals surface area contributed by atoms with Crippen LogP contribution in [0.4, 0.5) is 0 Å². The maximum atomic E-state index is 12.5. The molecule has 1 fully saturated rings. The van der Waals surface area contributed by atoms with Crippen molar-refractivity contribution in [2.75, 3.05) is 39.8 Å². The van der Waals surface area contributed by atoms with E-state index >= 15 is 0 Å². The van der Waals surface area contributed by atoms with Crippen molar-refractivity contribution in [3.8, 4) is 0 Å². The molecule has 2 rings (SSSR count). The Hall–Kier alpha value is -0.670. The van der Waals surface area contributed by atoms with Crippen molar-refractivity contribution < 1.29 is 18.1 Å². The van der Waals surface area contributed by atoms with E-state index in [1.807, 2.05) is 13.8 Å². The Balaban J connectivity index is 1.92. The van der Waals surface area contributed by atoms with Crippen LogP contribution in [0.25, 0.3) is 0 Å². The van der Waals surface area contributed by atoms with Crippen molar-refractivity contribution in [2.45, 2.75) is 24.1 Å². The lowest BCUT2D eigenvalue weighted by Crippen LogP contribution is -3.15. The smallest absolute Gasteiger partial charge is 0.277 e. The summed E-state index contributed by atoms with van der Waals surface area (Å²) >= 11 is 6.91. The Morgan fingerprint density at radius 2 is 2.00 bits per heavy atom. The molecule has 1 aromatic rings. The van der Waals surface area contributed by atoms with E-state index in [-0.39, 0.29) is 16.2 Å². The Kier molecular flexibility index (Phi) is 6.07. The van der Waals surface area contributed by atoms with Gasteiger partial charge in [-0.05, 0) is 26.0 Å². The highest BCUT2D eigenvalue weighted by Crippen LogP contribution is 2.27. The molecule has 1 N–H and O–H groups in total. The number of sulfonamides is 1. The molecule has 23 heavy (non-hydrogen) atoms. The highest BCUT2D eigenvalue weighted by atomic mass is 35.5. The second-order valence-electron chi connectivity index (χ2n) is 5.99. The average Bonchev–Trinajstić information content (AvgIpc) is 2.94. The zero-order valence-electron chi connectivity index (χ0n) is 13.6. The first-order valence-corrected chi connectivity index (χ1v) is 10.2. The third-order valence-corrected chi connectivity index (χ3v) is 7.74. The molecule has 0 spiro atoms. The van der Waals surface area contributed by atoms with Crippen LogP contribution in [0.2, 0.25) is 4.34 Å². The number of nitrogens with zero attached hydrogens (tertiary/aromatic N) is 2. The molecule has 0 unspecified atom stereocenters. The normalized spacial score (nSPS) is 17.6. The van der Waals surface area contributed by atoms with Gasteiger partial charge in [-0.2, -0.15) is 4.31 Å². The maximum Gasteiger partial charge on any atom is 0.277 e. The molecular formula is C14H23ClN3O3S2+. The Labute approximate surface area is 146 Å². The van der Waals surface area contributed by atoms with Gasteiger partial charge in [0.15, 0.2) is 6.54 Å². The number of thiophene rings is 1. The largest absolute Gasteiger partial charge is 0.338 e.